The van der Waals surface area contributed by atoms with E-state index < -0.39 is 28.9 Å². The maximum atomic E-state index is 12.7. The van der Waals surface area contributed by atoms with Crippen molar-refractivity contribution in [3.8, 4) is 17.2 Å². The number of hydrogen-bond acceptors (Lipinski definition) is 3. The standard InChI is InChI=1S/C13H11BrO.C7H5F2NO2/c14-10-11-5-4-8-13(9-11)15-12-6-2-1-3-7-12;8-3-1-2-4(11)6(9)5(3)7(10)12/h1-9H,10H2;1-2,11H,(H2,10,12). The molecule has 4 nitrogen and oxygen atoms in total. The quantitative estimate of drug-likeness (QED) is 0.557. The molecule has 0 aliphatic carbocycles. The number of ether oxygens (including phenoxy) is 1. The third-order valence-electron chi connectivity index (χ3n) is 3.35. The van der Waals surface area contributed by atoms with Crippen molar-refractivity contribution in [2.45, 2.75) is 5.33 Å². The molecule has 0 atom stereocenters. The number of nitrogens with two attached hydrogens (primary N) is 1. The molecule has 0 aromatic heterocycles. The van der Waals surface area contributed by atoms with E-state index in [1.54, 1.807) is 0 Å². The summed E-state index contributed by atoms with van der Waals surface area (Å²) in [5.41, 5.74) is 4.94. The maximum Gasteiger partial charge on any atom is 0.254 e. The predicted octanol–water partition coefficient (Wildman–Crippen LogP) is 5.14. The normalized spacial score (nSPS) is 9.89. The van der Waals surface area contributed by atoms with Crippen molar-refractivity contribution in [1.82, 2.24) is 0 Å². The molecule has 0 aliphatic heterocycles. The van der Waals surface area contributed by atoms with Crippen LogP contribution in [0.15, 0.2) is 66.7 Å². The van der Waals surface area contributed by atoms with Gasteiger partial charge in [-0.25, -0.2) is 8.78 Å². The molecule has 1 amide bonds. The highest BCUT2D eigenvalue weighted by Gasteiger charge is 2.17. The van der Waals surface area contributed by atoms with E-state index in [4.69, 9.17) is 9.84 Å². The van der Waals surface area contributed by atoms with Gasteiger partial charge in [0.2, 0.25) is 0 Å². The lowest BCUT2D eigenvalue weighted by Gasteiger charge is -2.06. The van der Waals surface area contributed by atoms with E-state index in [0.717, 1.165) is 29.0 Å². The van der Waals surface area contributed by atoms with E-state index >= 15 is 0 Å². The van der Waals surface area contributed by atoms with Crippen molar-refractivity contribution >= 4 is 21.8 Å². The van der Waals surface area contributed by atoms with Crippen LogP contribution in [0.2, 0.25) is 0 Å². The molecule has 0 unspecified atom stereocenters. The molecule has 3 aromatic rings. The summed E-state index contributed by atoms with van der Waals surface area (Å²) in [6, 6.07) is 19.4. The van der Waals surface area contributed by atoms with Crippen molar-refractivity contribution in [2.75, 3.05) is 0 Å². The molecule has 0 saturated carbocycles. The number of carbonyl (C=O) groups is 1. The number of benzene rings is 3. The highest BCUT2D eigenvalue weighted by molar-refractivity contribution is 9.08. The smallest absolute Gasteiger partial charge is 0.254 e. The number of primary amides is 1. The number of phenols is 1. The molecule has 3 aromatic carbocycles. The second-order valence-corrected chi connectivity index (χ2v) is 5.88. The van der Waals surface area contributed by atoms with E-state index in [1.165, 1.54) is 5.56 Å². The summed E-state index contributed by atoms with van der Waals surface area (Å²) in [6.45, 7) is 0. The molecular weight excluding hydrogens is 420 g/mol. The number of carbonyl (C=O) groups excluding carboxylic acids is 1. The number of halogens is 3. The van der Waals surface area contributed by atoms with E-state index in [1.807, 2.05) is 48.5 Å². The van der Waals surface area contributed by atoms with Crippen molar-refractivity contribution in [3.05, 3.63) is 89.5 Å². The number of aromatic hydroxyl groups is 1. The highest BCUT2D eigenvalue weighted by atomic mass is 79.9. The Kier molecular flexibility index (Phi) is 7.31. The molecule has 0 spiro atoms. The molecule has 0 radical (unpaired) electrons. The van der Waals surface area contributed by atoms with Crippen LogP contribution < -0.4 is 10.5 Å². The third kappa shape index (κ3) is 5.79. The first-order chi connectivity index (χ1) is 12.9. The molecule has 0 aliphatic rings. The van der Waals surface area contributed by atoms with Gasteiger partial charge < -0.3 is 15.6 Å². The monoisotopic (exact) mass is 435 g/mol. The van der Waals surface area contributed by atoms with Gasteiger partial charge in [-0.3, -0.25) is 4.79 Å². The molecular formula is C20H16BrF2NO3. The average Bonchev–Trinajstić information content (AvgIpc) is 2.66. The maximum absolute atomic E-state index is 12.7. The minimum absolute atomic E-state index is 0.762. The Morgan fingerprint density at radius 3 is 2.26 bits per heavy atom. The summed E-state index contributed by atoms with van der Waals surface area (Å²) in [4.78, 5) is 10.4. The minimum Gasteiger partial charge on any atom is -0.505 e. The number of rotatable bonds is 4. The van der Waals surface area contributed by atoms with Gasteiger partial charge in [0.1, 0.15) is 22.9 Å². The molecule has 0 fully saturated rings. The molecule has 0 heterocycles. The Bertz CT molecular complexity index is 920. The number of para-hydroxylation sites is 1. The van der Waals surface area contributed by atoms with Gasteiger partial charge in [0, 0.05) is 5.33 Å². The zero-order chi connectivity index (χ0) is 19.8. The Morgan fingerprint density at radius 2 is 1.67 bits per heavy atom. The van der Waals surface area contributed by atoms with Gasteiger partial charge in [-0.1, -0.05) is 46.3 Å². The number of alkyl halides is 1. The SMILES string of the molecule is BrCc1cccc(Oc2ccccc2)c1.NC(=O)c1c(F)ccc(O)c1F. The zero-order valence-electron chi connectivity index (χ0n) is 14.0. The Balaban J connectivity index is 0.000000199. The van der Waals surface area contributed by atoms with E-state index in [9.17, 15) is 13.6 Å². The molecule has 140 valence electrons. The lowest BCUT2D eigenvalue weighted by molar-refractivity contribution is 0.0991. The second-order valence-electron chi connectivity index (χ2n) is 5.32. The zero-order valence-corrected chi connectivity index (χ0v) is 15.6. The summed E-state index contributed by atoms with van der Waals surface area (Å²) in [7, 11) is 0. The van der Waals surface area contributed by atoms with Crippen LogP contribution in [0.3, 0.4) is 0 Å². The first kappa shape index (κ1) is 20.4. The number of hydrogen-bond donors (Lipinski definition) is 2. The largest absolute Gasteiger partial charge is 0.505 e. The average molecular weight is 436 g/mol. The van der Waals surface area contributed by atoms with Crippen molar-refractivity contribution < 1.29 is 23.4 Å². The van der Waals surface area contributed by atoms with Gasteiger partial charge in [0.25, 0.3) is 5.91 Å². The molecule has 3 rings (SSSR count). The van der Waals surface area contributed by atoms with Gasteiger partial charge in [0.15, 0.2) is 11.6 Å². The fourth-order valence-corrected chi connectivity index (χ4v) is 2.43. The van der Waals surface area contributed by atoms with Crippen LogP contribution in [0, 0.1) is 11.6 Å². The highest BCUT2D eigenvalue weighted by Crippen LogP contribution is 2.22. The van der Waals surface area contributed by atoms with Gasteiger partial charge >= 0.3 is 0 Å². The van der Waals surface area contributed by atoms with Crippen LogP contribution in [-0.2, 0) is 5.33 Å². The van der Waals surface area contributed by atoms with Gasteiger partial charge in [-0.15, -0.1) is 0 Å². The van der Waals surface area contributed by atoms with Crippen LogP contribution >= 0.6 is 15.9 Å². The van der Waals surface area contributed by atoms with E-state index in [2.05, 4.69) is 27.7 Å². The number of amides is 1. The van der Waals surface area contributed by atoms with Crippen LogP contribution in [0.4, 0.5) is 8.78 Å². The summed E-state index contributed by atoms with van der Waals surface area (Å²) in [6.07, 6.45) is 0. The summed E-state index contributed by atoms with van der Waals surface area (Å²) in [5.74, 6) is -2.73. The minimum atomic E-state index is -1.33. The fourth-order valence-electron chi connectivity index (χ4n) is 2.08. The molecule has 7 heteroatoms. The number of phenolic OH excluding ortho intramolecular Hbond substituents is 1. The van der Waals surface area contributed by atoms with Gasteiger partial charge in [-0.05, 0) is 42.0 Å². The summed E-state index contributed by atoms with van der Waals surface area (Å²) in [5, 5.41) is 9.57. The van der Waals surface area contributed by atoms with Crippen LogP contribution in [0.1, 0.15) is 15.9 Å². The van der Waals surface area contributed by atoms with Crippen molar-refractivity contribution in [1.29, 1.82) is 0 Å². The van der Waals surface area contributed by atoms with Crippen LogP contribution in [0.5, 0.6) is 17.2 Å². The van der Waals surface area contributed by atoms with Crippen molar-refractivity contribution in [2.24, 2.45) is 5.73 Å². The third-order valence-corrected chi connectivity index (χ3v) is 4.00. The summed E-state index contributed by atoms with van der Waals surface area (Å²) >= 11 is 3.42. The van der Waals surface area contributed by atoms with Crippen LogP contribution in [0.25, 0.3) is 0 Å². The van der Waals surface area contributed by atoms with E-state index in [0.29, 0.717) is 0 Å². The molecule has 27 heavy (non-hydrogen) atoms. The molecule has 0 bridgehead atoms. The first-order valence-electron chi connectivity index (χ1n) is 7.77. The lowest BCUT2D eigenvalue weighted by Crippen LogP contribution is -2.15. The van der Waals surface area contributed by atoms with E-state index in [-0.39, 0.29) is 0 Å². The molecule has 0 saturated heterocycles. The van der Waals surface area contributed by atoms with Crippen LogP contribution in [-0.4, -0.2) is 11.0 Å². The van der Waals surface area contributed by atoms with Gasteiger partial charge in [-0.2, -0.15) is 0 Å². The lowest BCUT2D eigenvalue weighted by atomic mass is 10.2. The first-order valence-corrected chi connectivity index (χ1v) is 8.89. The Hall–Kier alpha value is -2.93. The predicted molar refractivity (Wildman–Crippen MR) is 102 cm³/mol. The second kappa shape index (κ2) is 9.68. The molecule has 3 N–H and O–H groups in total. The Morgan fingerprint density at radius 1 is 1.00 bits per heavy atom. The summed E-state index contributed by atoms with van der Waals surface area (Å²) < 4.78 is 31.1. The topological polar surface area (TPSA) is 72.5 Å². The van der Waals surface area contributed by atoms with Gasteiger partial charge in [0.05, 0.1) is 0 Å². The fraction of sp³-hybridized carbons (Fsp3) is 0.0500. The van der Waals surface area contributed by atoms with Crippen molar-refractivity contribution in [3.63, 3.8) is 0 Å². The Labute approximate surface area is 163 Å².